The number of hydrogen-bond acceptors (Lipinski definition) is 6. The number of anilines is 1. The third kappa shape index (κ3) is 3.92. The summed E-state index contributed by atoms with van der Waals surface area (Å²) in [6.45, 7) is 9.02. The molecular formula is C19H25BrN3O4P. The first-order chi connectivity index (χ1) is 13.3. The summed E-state index contributed by atoms with van der Waals surface area (Å²) >= 11 is 3.45. The minimum Gasteiger partial charge on any atom is -0.445 e. The molecule has 28 heavy (non-hydrogen) atoms. The van der Waals surface area contributed by atoms with Gasteiger partial charge >= 0.3 is 7.60 Å². The van der Waals surface area contributed by atoms with Gasteiger partial charge < -0.3 is 23.8 Å². The van der Waals surface area contributed by atoms with Gasteiger partial charge in [0.2, 0.25) is 5.50 Å². The van der Waals surface area contributed by atoms with E-state index in [9.17, 15) is 4.57 Å². The van der Waals surface area contributed by atoms with Gasteiger partial charge in [0.05, 0.1) is 24.4 Å². The third-order valence-corrected chi connectivity index (χ3v) is 6.80. The predicted octanol–water partition coefficient (Wildman–Crippen LogP) is 5.19. The first-order valence-electron chi connectivity index (χ1n) is 9.24. The topological polar surface area (TPSA) is 92.5 Å². The maximum Gasteiger partial charge on any atom is 0.396 e. The lowest BCUT2D eigenvalue weighted by Crippen LogP contribution is -2.09. The molecule has 0 aliphatic heterocycles. The molecule has 0 bridgehead atoms. The highest BCUT2D eigenvalue weighted by atomic mass is 79.9. The zero-order chi connectivity index (χ0) is 20.5. The first kappa shape index (κ1) is 21.1. The largest absolute Gasteiger partial charge is 0.445 e. The van der Waals surface area contributed by atoms with E-state index in [0.717, 1.165) is 16.5 Å². The average molecular weight is 470 g/mol. The van der Waals surface area contributed by atoms with Crippen molar-refractivity contribution in [3.05, 3.63) is 28.7 Å². The summed E-state index contributed by atoms with van der Waals surface area (Å²) in [5.74, 6) is 1.50. The second kappa shape index (κ2) is 8.41. The van der Waals surface area contributed by atoms with Crippen molar-refractivity contribution in [3.63, 3.8) is 0 Å². The number of rotatable bonds is 8. The SMILES string of the molecule is CCOP(=O)(OCC)c1ccc(-c2nc3c(N)c(Br)ccc3n2CC(C)C)o1. The number of nitrogens with zero attached hydrogens (tertiary/aromatic N) is 2. The van der Waals surface area contributed by atoms with Crippen LogP contribution in [0.15, 0.2) is 33.2 Å². The second-order valence-electron chi connectivity index (χ2n) is 6.74. The van der Waals surface area contributed by atoms with Crippen LogP contribution >= 0.6 is 23.5 Å². The lowest BCUT2D eigenvalue weighted by atomic mass is 10.2. The number of aromatic nitrogens is 2. The second-order valence-corrected chi connectivity index (χ2v) is 9.55. The molecule has 1 aromatic carbocycles. The van der Waals surface area contributed by atoms with E-state index in [1.807, 2.05) is 12.1 Å². The maximum atomic E-state index is 13.0. The highest BCUT2D eigenvalue weighted by molar-refractivity contribution is 9.10. The molecule has 0 aliphatic carbocycles. The summed E-state index contributed by atoms with van der Waals surface area (Å²) in [6, 6.07) is 7.25. The van der Waals surface area contributed by atoms with Crippen LogP contribution in [0.4, 0.5) is 5.69 Å². The lowest BCUT2D eigenvalue weighted by molar-refractivity contribution is 0.225. The Bertz CT molecular complexity index is 1020. The number of nitrogen functional groups attached to an aromatic ring is 1. The van der Waals surface area contributed by atoms with Crippen LogP contribution in [0, 0.1) is 5.92 Å². The van der Waals surface area contributed by atoms with E-state index in [0.29, 0.717) is 28.7 Å². The molecule has 0 saturated carbocycles. The molecule has 0 fully saturated rings. The Morgan fingerprint density at radius 3 is 2.50 bits per heavy atom. The van der Waals surface area contributed by atoms with E-state index in [2.05, 4.69) is 34.3 Å². The molecule has 3 aromatic rings. The Labute approximate surface area is 172 Å². The molecule has 152 valence electrons. The van der Waals surface area contributed by atoms with Crippen molar-refractivity contribution in [1.82, 2.24) is 9.55 Å². The summed E-state index contributed by atoms with van der Waals surface area (Å²) in [7, 11) is -3.50. The summed E-state index contributed by atoms with van der Waals surface area (Å²) < 4.78 is 32.5. The molecular weight excluding hydrogens is 445 g/mol. The monoisotopic (exact) mass is 469 g/mol. The van der Waals surface area contributed by atoms with Crippen molar-refractivity contribution in [3.8, 4) is 11.6 Å². The predicted molar refractivity (Wildman–Crippen MR) is 115 cm³/mol. The molecule has 7 nitrogen and oxygen atoms in total. The van der Waals surface area contributed by atoms with Crippen LogP contribution in [0.5, 0.6) is 0 Å². The fourth-order valence-corrected chi connectivity index (χ4v) is 4.82. The number of imidazole rings is 1. The molecule has 9 heteroatoms. The van der Waals surface area contributed by atoms with Gasteiger partial charge in [-0.15, -0.1) is 0 Å². The fraction of sp³-hybridized carbons (Fsp3) is 0.421. The van der Waals surface area contributed by atoms with Gasteiger partial charge in [0, 0.05) is 11.0 Å². The zero-order valence-electron chi connectivity index (χ0n) is 16.4. The van der Waals surface area contributed by atoms with Crippen LogP contribution in [0.25, 0.3) is 22.6 Å². The van der Waals surface area contributed by atoms with Crippen molar-refractivity contribution >= 4 is 45.7 Å². The summed E-state index contributed by atoms with van der Waals surface area (Å²) in [5.41, 5.74) is 8.58. The molecule has 0 saturated heterocycles. The Hall–Kier alpha value is -1.60. The number of halogens is 1. The Morgan fingerprint density at radius 1 is 1.21 bits per heavy atom. The van der Waals surface area contributed by atoms with Crippen molar-refractivity contribution in [2.75, 3.05) is 18.9 Å². The molecule has 2 N–H and O–H groups in total. The van der Waals surface area contributed by atoms with Crippen molar-refractivity contribution in [2.45, 2.75) is 34.2 Å². The Balaban J connectivity index is 2.15. The molecule has 0 radical (unpaired) electrons. The van der Waals surface area contributed by atoms with E-state index in [1.54, 1.807) is 26.0 Å². The smallest absolute Gasteiger partial charge is 0.396 e. The Kier molecular flexibility index (Phi) is 6.34. The standard InChI is InChI=1S/C19H25BrN3O4P/c1-5-25-28(24,26-6-2)16-10-9-15(27-16)19-22-18-14(23(19)11-12(3)4)8-7-13(20)17(18)21/h7-10,12H,5-6,11,21H2,1-4H3. The molecule has 0 unspecified atom stereocenters. The van der Waals surface area contributed by atoms with Crippen molar-refractivity contribution in [2.24, 2.45) is 5.92 Å². The average Bonchev–Trinajstić information content (AvgIpc) is 3.24. The highest BCUT2D eigenvalue weighted by Crippen LogP contribution is 2.47. The molecule has 2 aromatic heterocycles. The minimum atomic E-state index is -3.50. The third-order valence-electron chi connectivity index (χ3n) is 4.13. The van der Waals surface area contributed by atoms with E-state index in [4.69, 9.17) is 24.2 Å². The quantitative estimate of drug-likeness (QED) is 0.360. The molecule has 0 atom stereocenters. The van der Waals surface area contributed by atoms with E-state index in [1.165, 1.54) is 0 Å². The van der Waals surface area contributed by atoms with Crippen LogP contribution in [0.2, 0.25) is 0 Å². The number of fused-ring (bicyclic) bond motifs is 1. The molecule has 3 rings (SSSR count). The number of furan rings is 1. The van der Waals surface area contributed by atoms with Crippen LogP contribution in [0.3, 0.4) is 0 Å². The zero-order valence-corrected chi connectivity index (χ0v) is 18.9. The van der Waals surface area contributed by atoms with Gasteiger partial charge in [0.25, 0.3) is 0 Å². The van der Waals surface area contributed by atoms with Crippen molar-refractivity contribution in [1.29, 1.82) is 0 Å². The number of hydrogen-bond donors (Lipinski definition) is 1. The summed E-state index contributed by atoms with van der Waals surface area (Å²) in [6.07, 6.45) is 0. The van der Waals surface area contributed by atoms with Gasteiger partial charge in [0.15, 0.2) is 11.6 Å². The van der Waals surface area contributed by atoms with Crippen molar-refractivity contribution < 1.29 is 18.0 Å². The molecule has 2 heterocycles. The normalized spacial score (nSPS) is 12.4. The summed E-state index contributed by atoms with van der Waals surface area (Å²) in [4.78, 5) is 4.73. The number of benzene rings is 1. The lowest BCUT2D eigenvalue weighted by Gasteiger charge is -2.14. The van der Waals surface area contributed by atoms with Gasteiger partial charge in [-0.05, 0) is 60.0 Å². The van der Waals surface area contributed by atoms with Gasteiger partial charge in [-0.1, -0.05) is 13.8 Å². The van der Waals surface area contributed by atoms with Gasteiger partial charge in [-0.3, -0.25) is 4.57 Å². The van der Waals surface area contributed by atoms with Gasteiger partial charge in [-0.25, -0.2) is 4.98 Å². The molecule has 0 aliphatic rings. The van der Waals surface area contributed by atoms with Crippen LogP contribution in [0.1, 0.15) is 27.7 Å². The maximum absolute atomic E-state index is 13.0. The van der Waals surface area contributed by atoms with Crippen LogP contribution in [-0.4, -0.2) is 22.8 Å². The summed E-state index contributed by atoms with van der Waals surface area (Å²) in [5, 5.41) is 0. The molecule has 0 amide bonds. The van der Waals surface area contributed by atoms with Gasteiger partial charge in [-0.2, -0.15) is 0 Å². The van der Waals surface area contributed by atoms with Crippen LogP contribution in [-0.2, 0) is 20.2 Å². The van der Waals surface area contributed by atoms with Crippen LogP contribution < -0.4 is 11.2 Å². The van der Waals surface area contributed by atoms with E-state index < -0.39 is 7.60 Å². The first-order valence-corrected chi connectivity index (χ1v) is 11.6. The highest BCUT2D eigenvalue weighted by Gasteiger charge is 2.32. The Morgan fingerprint density at radius 2 is 1.89 bits per heavy atom. The number of nitrogens with two attached hydrogens (primary N) is 1. The van der Waals surface area contributed by atoms with Gasteiger partial charge in [0.1, 0.15) is 5.52 Å². The van der Waals surface area contributed by atoms with E-state index in [-0.39, 0.29) is 18.7 Å². The minimum absolute atomic E-state index is 0.170. The molecule has 0 spiro atoms. The van der Waals surface area contributed by atoms with E-state index >= 15 is 0 Å². The fourth-order valence-electron chi connectivity index (χ4n) is 3.03.